The minimum absolute atomic E-state index is 0.115. The minimum atomic E-state index is -0.233. The normalized spacial score (nSPS) is 19.1. The van der Waals surface area contributed by atoms with Crippen molar-refractivity contribution in [2.24, 2.45) is 11.0 Å². The second-order valence-electron chi connectivity index (χ2n) is 6.29. The molecule has 0 spiro atoms. The molecule has 1 saturated carbocycles. The highest BCUT2D eigenvalue weighted by Crippen LogP contribution is 2.21. The zero-order valence-electron chi connectivity index (χ0n) is 14.2. The van der Waals surface area contributed by atoms with Gasteiger partial charge in [-0.25, -0.2) is 5.43 Å². The molecule has 1 aromatic rings. The van der Waals surface area contributed by atoms with Crippen LogP contribution in [0.5, 0.6) is 0 Å². The first kappa shape index (κ1) is 18.5. The second kappa shape index (κ2) is 8.83. The first-order valence-electron chi connectivity index (χ1n) is 8.37. The van der Waals surface area contributed by atoms with Gasteiger partial charge < -0.3 is 5.32 Å². The molecule has 0 aliphatic heterocycles. The first-order chi connectivity index (χ1) is 11.5. The van der Waals surface area contributed by atoms with E-state index < -0.39 is 0 Å². The summed E-state index contributed by atoms with van der Waals surface area (Å²) in [5.74, 6) is -0.00672. The molecular weight excluding hydrogens is 326 g/mol. The van der Waals surface area contributed by atoms with Crippen molar-refractivity contribution in [1.29, 1.82) is 0 Å². The maximum Gasteiger partial charge on any atom is 0.240 e. The van der Waals surface area contributed by atoms with E-state index in [0.717, 1.165) is 30.5 Å². The Morgan fingerprint density at radius 3 is 2.71 bits per heavy atom. The highest BCUT2D eigenvalue weighted by molar-refractivity contribution is 6.30. The monoisotopic (exact) mass is 349 g/mol. The van der Waals surface area contributed by atoms with Crippen LogP contribution in [-0.4, -0.2) is 17.5 Å². The molecule has 1 fully saturated rings. The minimum Gasteiger partial charge on any atom is -0.326 e. The molecule has 0 radical (unpaired) electrons. The number of amides is 2. The van der Waals surface area contributed by atoms with Crippen molar-refractivity contribution in [2.75, 3.05) is 5.32 Å². The second-order valence-corrected chi connectivity index (χ2v) is 6.73. The van der Waals surface area contributed by atoms with Crippen LogP contribution >= 0.6 is 11.6 Å². The van der Waals surface area contributed by atoms with Crippen LogP contribution in [0.3, 0.4) is 0 Å². The number of nitrogens with zero attached hydrogens (tertiary/aromatic N) is 1. The third-order valence-electron chi connectivity index (χ3n) is 4.25. The Bertz CT molecular complexity index is 643. The maximum absolute atomic E-state index is 12.0. The Morgan fingerprint density at radius 1 is 1.25 bits per heavy atom. The van der Waals surface area contributed by atoms with Gasteiger partial charge >= 0.3 is 0 Å². The molecule has 130 valence electrons. The van der Waals surface area contributed by atoms with E-state index in [0.29, 0.717) is 16.6 Å². The largest absolute Gasteiger partial charge is 0.326 e. The van der Waals surface area contributed by atoms with Crippen molar-refractivity contribution in [3.05, 3.63) is 28.8 Å². The fraction of sp³-hybridized carbons (Fsp3) is 0.500. The number of carbonyl (C=O) groups excluding carboxylic acids is 2. The van der Waals surface area contributed by atoms with Crippen molar-refractivity contribution in [3.8, 4) is 0 Å². The van der Waals surface area contributed by atoms with Gasteiger partial charge in [0.2, 0.25) is 11.8 Å². The number of benzene rings is 1. The molecule has 0 heterocycles. The van der Waals surface area contributed by atoms with E-state index in [-0.39, 0.29) is 24.7 Å². The van der Waals surface area contributed by atoms with E-state index in [1.165, 1.54) is 6.42 Å². The van der Waals surface area contributed by atoms with Crippen LogP contribution in [0.15, 0.2) is 23.3 Å². The molecule has 5 nitrogen and oxygen atoms in total. The summed E-state index contributed by atoms with van der Waals surface area (Å²) < 4.78 is 0. The molecule has 2 N–H and O–H groups in total. The lowest BCUT2D eigenvalue weighted by Crippen LogP contribution is -2.25. The number of carbonyl (C=O) groups is 2. The SMILES string of the molecule is Cc1cc(Cl)ccc1NC(=O)CCC(=O)N/N=C1/CCCC[C@H]1C. The lowest BCUT2D eigenvalue weighted by atomic mass is 9.89. The summed E-state index contributed by atoms with van der Waals surface area (Å²) in [5.41, 5.74) is 5.22. The Kier molecular flexibility index (Phi) is 6.79. The molecular formula is C18H24ClN3O2. The predicted molar refractivity (Wildman–Crippen MR) is 97.3 cm³/mol. The van der Waals surface area contributed by atoms with E-state index in [2.05, 4.69) is 22.8 Å². The molecule has 24 heavy (non-hydrogen) atoms. The number of hydrogen-bond donors (Lipinski definition) is 2. The fourth-order valence-corrected chi connectivity index (χ4v) is 2.96. The topological polar surface area (TPSA) is 70.6 Å². The predicted octanol–water partition coefficient (Wildman–Crippen LogP) is 4.05. The summed E-state index contributed by atoms with van der Waals surface area (Å²) >= 11 is 5.89. The number of hydrogen-bond acceptors (Lipinski definition) is 3. The fourth-order valence-electron chi connectivity index (χ4n) is 2.73. The van der Waals surface area contributed by atoms with Gasteiger partial charge in [0.25, 0.3) is 0 Å². The van der Waals surface area contributed by atoms with Crippen LogP contribution in [0, 0.1) is 12.8 Å². The number of nitrogens with one attached hydrogen (secondary N) is 2. The van der Waals surface area contributed by atoms with Crippen LogP contribution in [0.2, 0.25) is 5.02 Å². The van der Waals surface area contributed by atoms with Crippen molar-refractivity contribution in [1.82, 2.24) is 5.43 Å². The Morgan fingerprint density at radius 2 is 2.00 bits per heavy atom. The van der Waals surface area contributed by atoms with Gasteiger partial charge in [-0.3, -0.25) is 9.59 Å². The van der Waals surface area contributed by atoms with Crippen molar-refractivity contribution in [3.63, 3.8) is 0 Å². The van der Waals surface area contributed by atoms with Gasteiger partial charge in [0.05, 0.1) is 0 Å². The maximum atomic E-state index is 12.0. The molecule has 6 heteroatoms. The van der Waals surface area contributed by atoms with Crippen LogP contribution in [-0.2, 0) is 9.59 Å². The van der Waals surface area contributed by atoms with E-state index in [1.807, 2.05) is 6.92 Å². The summed E-state index contributed by atoms with van der Waals surface area (Å²) in [6.45, 7) is 4.00. The van der Waals surface area contributed by atoms with E-state index in [9.17, 15) is 9.59 Å². The summed E-state index contributed by atoms with van der Waals surface area (Å²) in [6, 6.07) is 5.26. The lowest BCUT2D eigenvalue weighted by Gasteiger charge is -2.19. The van der Waals surface area contributed by atoms with Gasteiger partial charge in [0.1, 0.15) is 0 Å². The molecule has 0 unspecified atom stereocenters. The van der Waals surface area contributed by atoms with E-state index in [4.69, 9.17) is 11.6 Å². The van der Waals surface area contributed by atoms with Crippen LogP contribution in [0.1, 0.15) is 51.0 Å². The quantitative estimate of drug-likeness (QED) is 0.787. The van der Waals surface area contributed by atoms with Gasteiger partial charge in [-0.2, -0.15) is 5.10 Å². The van der Waals surface area contributed by atoms with Gasteiger partial charge in [0.15, 0.2) is 0 Å². The number of hydrazone groups is 1. The Hall–Kier alpha value is -1.88. The molecule has 0 bridgehead atoms. The van der Waals surface area contributed by atoms with E-state index >= 15 is 0 Å². The molecule has 0 saturated heterocycles. The van der Waals surface area contributed by atoms with Crippen LogP contribution in [0.4, 0.5) is 5.69 Å². The summed E-state index contributed by atoms with van der Waals surface area (Å²) in [5, 5.41) is 7.64. The molecule has 1 aliphatic rings. The van der Waals surface area contributed by atoms with Crippen LogP contribution in [0.25, 0.3) is 0 Å². The third kappa shape index (κ3) is 5.64. The van der Waals surface area contributed by atoms with Gasteiger partial charge in [-0.1, -0.05) is 24.9 Å². The smallest absolute Gasteiger partial charge is 0.240 e. The van der Waals surface area contributed by atoms with E-state index in [1.54, 1.807) is 18.2 Å². The van der Waals surface area contributed by atoms with Gasteiger partial charge in [-0.15, -0.1) is 0 Å². The summed E-state index contributed by atoms with van der Waals surface area (Å²) in [6.07, 6.45) is 4.65. The lowest BCUT2D eigenvalue weighted by molar-refractivity contribution is -0.124. The number of anilines is 1. The van der Waals surface area contributed by atoms with Crippen molar-refractivity contribution in [2.45, 2.75) is 52.4 Å². The average molecular weight is 350 g/mol. The molecule has 1 aromatic carbocycles. The highest BCUT2D eigenvalue weighted by atomic mass is 35.5. The summed E-state index contributed by atoms with van der Waals surface area (Å²) in [7, 11) is 0. The number of halogens is 1. The van der Waals surface area contributed by atoms with Crippen LogP contribution < -0.4 is 10.7 Å². The van der Waals surface area contributed by atoms with Crippen molar-refractivity contribution < 1.29 is 9.59 Å². The number of aryl methyl sites for hydroxylation is 1. The van der Waals surface area contributed by atoms with Gasteiger partial charge in [0, 0.05) is 29.3 Å². The molecule has 1 aliphatic carbocycles. The molecule has 0 aromatic heterocycles. The highest BCUT2D eigenvalue weighted by Gasteiger charge is 2.16. The average Bonchev–Trinajstić information content (AvgIpc) is 2.55. The van der Waals surface area contributed by atoms with Gasteiger partial charge in [-0.05, 0) is 55.9 Å². The summed E-state index contributed by atoms with van der Waals surface area (Å²) in [4.78, 5) is 23.8. The standard InChI is InChI=1S/C18H24ClN3O2/c1-12-5-3-4-6-16(12)21-22-18(24)10-9-17(23)20-15-8-7-14(19)11-13(15)2/h7-8,11-12H,3-6,9-10H2,1-2H3,(H,20,23)(H,22,24)/b21-16-/t12-/m1/s1. The first-order valence-corrected chi connectivity index (χ1v) is 8.75. The van der Waals surface area contributed by atoms with Crippen molar-refractivity contribution >= 4 is 34.8 Å². The Labute approximate surface area is 147 Å². The number of rotatable bonds is 5. The molecule has 2 rings (SSSR count). The molecule has 2 amide bonds. The zero-order chi connectivity index (χ0) is 17.5. The molecule has 1 atom stereocenters. The zero-order valence-corrected chi connectivity index (χ0v) is 14.9. The third-order valence-corrected chi connectivity index (χ3v) is 4.49. The Balaban J connectivity index is 1.76.